The second kappa shape index (κ2) is 3.27. The van der Waals surface area contributed by atoms with E-state index in [1.165, 1.54) is 0 Å². The lowest BCUT2D eigenvalue weighted by Gasteiger charge is -1.94. The molecule has 0 bridgehead atoms. The molecule has 0 fully saturated rings. The topological polar surface area (TPSA) is 13.1 Å². The van der Waals surface area contributed by atoms with E-state index in [0.717, 1.165) is 21.9 Å². The number of hydrogen-bond donors (Lipinski definition) is 0. The summed E-state index contributed by atoms with van der Waals surface area (Å²) in [5.41, 5.74) is 2.04. The third kappa shape index (κ3) is 1.76. The second-order valence-corrected chi connectivity index (χ2v) is 3.32. The molecular formula is C11H8ClO. The van der Waals surface area contributed by atoms with E-state index in [0.29, 0.717) is 0 Å². The van der Waals surface area contributed by atoms with Crippen LogP contribution in [0.4, 0.5) is 0 Å². The van der Waals surface area contributed by atoms with E-state index < -0.39 is 0 Å². The summed E-state index contributed by atoms with van der Waals surface area (Å²) in [7, 11) is 0. The van der Waals surface area contributed by atoms with E-state index in [2.05, 4.69) is 6.26 Å². The summed E-state index contributed by atoms with van der Waals surface area (Å²) in [6.45, 7) is 1.90. The quantitative estimate of drug-likeness (QED) is 0.670. The van der Waals surface area contributed by atoms with Crippen LogP contribution in [0.5, 0.6) is 0 Å². The zero-order valence-electron chi connectivity index (χ0n) is 7.17. The van der Waals surface area contributed by atoms with E-state index in [-0.39, 0.29) is 0 Å². The lowest BCUT2D eigenvalue weighted by atomic mass is 10.1. The molecule has 0 unspecified atom stereocenters. The van der Waals surface area contributed by atoms with Crippen LogP contribution >= 0.6 is 11.6 Å². The zero-order chi connectivity index (χ0) is 9.26. The Morgan fingerprint density at radius 2 is 1.92 bits per heavy atom. The molecule has 2 aromatic rings. The van der Waals surface area contributed by atoms with Crippen molar-refractivity contribution in [3.63, 3.8) is 0 Å². The molecule has 2 rings (SSSR count). The fraction of sp³-hybridized carbons (Fsp3) is 0.0909. The summed E-state index contributed by atoms with van der Waals surface area (Å²) in [5, 5.41) is 0.740. The van der Waals surface area contributed by atoms with Gasteiger partial charge < -0.3 is 4.42 Å². The molecule has 1 heterocycles. The summed E-state index contributed by atoms with van der Waals surface area (Å²) in [6.07, 6.45) is 2.82. The smallest absolute Gasteiger partial charge is 0.177 e. The van der Waals surface area contributed by atoms with Gasteiger partial charge in [-0.2, -0.15) is 0 Å². The van der Waals surface area contributed by atoms with Gasteiger partial charge in [0.15, 0.2) is 6.26 Å². The number of furan rings is 1. The van der Waals surface area contributed by atoms with Crippen molar-refractivity contribution >= 4 is 11.6 Å². The first kappa shape index (κ1) is 8.39. The monoisotopic (exact) mass is 191 g/mol. The van der Waals surface area contributed by atoms with Gasteiger partial charge in [-0.25, -0.2) is 0 Å². The molecule has 1 radical (unpaired) electrons. The standard InChI is InChI=1S/C11H8ClO/c1-8-6-10(7-13-8)9-2-4-11(12)5-3-9/h2-6H,1H3. The normalized spacial score (nSPS) is 10.3. The Labute approximate surface area is 82.0 Å². The number of aryl methyl sites for hydroxylation is 1. The number of benzene rings is 1. The number of hydrogen-bond acceptors (Lipinski definition) is 1. The van der Waals surface area contributed by atoms with E-state index >= 15 is 0 Å². The summed E-state index contributed by atoms with van der Waals surface area (Å²) in [4.78, 5) is 0. The number of halogens is 1. The third-order valence-corrected chi connectivity index (χ3v) is 2.08. The van der Waals surface area contributed by atoms with Gasteiger partial charge in [-0.3, -0.25) is 0 Å². The molecule has 0 aliphatic heterocycles. The van der Waals surface area contributed by atoms with E-state index in [4.69, 9.17) is 16.0 Å². The van der Waals surface area contributed by atoms with E-state index in [9.17, 15) is 0 Å². The minimum atomic E-state index is 0.740. The minimum absolute atomic E-state index is 0.740. The highest BCUT2D eigenvalue weighted by Crippen LogP contribution is 2.22. The van der Waals surface area contributed by atoms with Crippen LogP contribution in [0.15, 0.2) is 34.7 Å². The molecule has 1 aromatic carbocycles. The molecule has 0 saturated carbocycles. The SMILES string of the molecule is Cc1cc(-c2ccc(Cl)cc2)[c]o1. The second-order valence-electron chi connectivity index (χ2n) is 2.88. The molecule has 0 atom stereocenters. The molecule has 0 aliphatic rings. The zero-order valence-corrected chi connectivity index (χ0v) is 7.93. The molecule has 0 saturated heterocycles. The summed E-state index contributed by atoms with van der Waals surface area (Å²) >= 11 is 5.77. The Balaban J connectivity index is 2.41. The van der Waals surface area contributed by atoms with Gasteiger partial charge in [0.1, 0.15) is 5.76 Å². The average Bonchev–Trinajstić information content (AvgIpc) is 2.53. The molecule has 2 heteroatoms. The first-order valence-electron chi connectivity index (χ1n) is 4.00. The molecule has 1 nitrogen and oxygen atoms in total. The van der Waals surface area contributed by atoms with Crippen molar-refractivity contribution < 1.29 is 4.42 Å². The highest BCUT2D eigenvalue weighted by atomic mass is 35.5. The van der Waals surface area contributed by atoms with Crippen LogP contribution in [0.25, 0.3) is 11.1 Å². The van der Waals surface area contributed by atoms with Crippen LogP contribution in [-0.4, -0.2) is 0 Å². The van der Waals surface area contributed by atoms with Crippen molar-refractivity contribution in [1.82, 2.24) is 0 Å². The largest absolute Gasteiger partial charge is 0.457 e. The van der Waals surface area contributed by atoms with Crippen LogP contribution in [0.3, 0.4) is 0 Å². The first-order valence-corrected chi connectivity index (χ1v) is 4.37. The lowest BCUT2D eigenvalue weighted by molar-refractivity contribution is 0.526. The summed E-state index contributed by atoms with van der Waals surface area (Å²) < 4.78 is 5.09. The van der Waals surface area contributed by atoms with Crippen LogP contribution in [0.2, 0.25) is 5.02 Å². The molecule has 0 spiro atoms. The molecule has 1 aromatic heterocycles. The molecular weight excluding hydrogens is 184 g/mol. The first-order chi connectivity index (χ1) is 6.25. The van der Waals surface area contributed by atoms with Gasteiger partial charge in [0.2, 0.25) is 0 Å². The fourth-order valence-electron chi connectivity index (χ4n) is 1.17. The molecule has 13 heavy (non-hydrogen) atoms. The van der Waals surface area contributed by atoms with Gasteiger partial charge in [0.25, 0.3) is 0 Å². The van der Waals surface area contributed by atoms with Gasteiger partial charge in [-0.05, 0) is 30.7 Å². The van der Waals surface area contributed by atoms with Crippen LogP contribution in [0, 0.1) is 13.2 Å². The average molecular weight is 192 g/mol. The van der Waals surface area contributed by atoms with Crippen LogP contribution in [0.1, 0.15) is 5.76 Å². The number of rotatable bonds is 1. The van der Waals surface area contributed by atoms with Gasteiger partial charge >= 0.3 is 0 Å². The maximum Gasteiger partial charge on any atom is 0.177 e. The van der Waals surface area contributed by atoms with Crippen molar-refractivity contribution in [3.8, 4) is 11.1 Å². The Morgan fingerprint density at radius 3 is 2.46 bits per heavy atom. The van der Waals surface area contributed by atoms with Gasteiger partial charge in [0, 0.05) is 10.6 Å². The highest BCUT2D eigenvalue weighted by molar-refractivity contribution is 6.30. The summed E-state index contributed by atoms with van der Waals surface area (Å²) in [6, 6.07) is 9.55. The van der Waals surface area contributed by atoms with Gasteiger partial charge in [-0.15, -0.1) is 0 Å². The van der Waals surface area contributed by atoms with Crippen LogP contribution < -0.4 is 0 Å². The Bertz CT molecular complexity index is 400. The molecule has 0 amide bonds. The fourth-order valence-corrected chi connectivity index (χ4v) is 1.30. The predicted molar refractivity (Wildman–Crippen MR) is 52.7 cm³/mol. The van der Waals surface area contributed by atoms with Crippen molar-refractivity contribution in [2.75, 3.05) is 0 Å². The molecule has 0 aliphatic carbocycles. The minimum Gasteiger partial charge on any atom is -0.457 e. The molecule has 65 valence electrons. The summed E-state index contributed by atoms with van der Waals surface area (Å²) in [5.74, 6) is 0.866. The van der Waals surface area contributed by atoms with E-state index in [1.807, 2.05) is 37.3 Å². The van der Waals surface area contributed by atoms with Gasteiger partial charge in [0.05, 0.1) is 0 Å². The van der Waals surface area contributed by atoms with Crippen molar-refractivity contribution in [3.05, 3.63) is 47.4 Å². The Kier molecular flexibility index (Phi) is 2.11. The van der Waals surface area contributed by atoms with Gasteiger partial charge in [-0.1, -0.05) is 23.7 Å². The van der Waals surface area contributed by atoms with Crippen molar-refractivity contribution in [2.24, 2.45) is 0 Å². The maximum atomic E-state index is 5.77. The molecule has 0 N–H and O–H groups in total. The highest BCUT2D eigenvalue weighted by Gasteiger charge is 2.01. The third-order valence-electron chi connectivity index (χ3n) is 1.82. The van der Waals surface area contributed by atoms with E-state index in [1.54, 1.807) is 0 Å². The van der Waals surface area contributed by atoms with Crippen molar-refractivity contribution in [2.45, 2.75) is 6.92 Å². The maximum absolute atomic E-state index is 5.77. The predicted octanol–water partition coefficient (Wildman–Crippen LogP) is 3.71. The Hall–Kier alpha value is -1.21. The van der Waals surface area contributed by atoms with Crippen LogP contribution in [-0.2, 0) is 0 Å². The Morgan fingerprint density at radius 1 is 1.23 bits per heavy atom. The lowest BCUT2D eigenvalue weighted by Crippen LogP contribution is -1.72. The van der Waals surface area contributed by atoms with Crippen molar-refractivity contribution in [1.29, 1.82) is 0 Å².